The first-order chi connectivity index (χ1) is 8.29. The Morgan fingerprint density at radius 1 is 1.50 bits per heavy atom. The lowest BCUT2D eigenvalue weighted by atomic mass is 9.96. The number of hydrogen-bond donors (Lipinski definition) is 0. The quantitative estimate of drug-likeness (QED) is 0.774. The van der Waals surface area contributed by atoms with Crippen LogP contribution >= 0.6 is 0 Å². The monoisotopic (exact) mass is 252 g/mol. The summed E-state index contributed by atoms with van der Waals surface area (Å²) < 4.78 is 10.5. The molecule has 1 aromatic heterocycles. The Morgan fingerprint density at radius 3 is 2.56 bits per heavy atom. The number of aromatic nitrogens is 2. The van der Waals surface area contributed by atoms with E-state index in [1.165, 1.54) is 0 Å². The van der Waals surface area contributed by atoms with Crippen LogP contribution in [-0.2, 0) is 14.9 Å². The maximum Gasteiger partial charge on any atom is 0.309 e. The van der Waals surface area contributed by atoms with Crippen LogP contribution in [0.2, 0.25) is 0 Å². The molecule has 1 aliphatic rings. The molecule has 1 saturated carbocycles. The van der Waals surface area contributed by atoms with Gasteiger partial charge in [-0.1, -0.05) is 32.9 Å². The Bertz CT molecular complexity index is 447. The molecule has 0 spiro atoms. The second-order valence-corrected chi connectivity index (χ2v) is 6.10. The molecule has 0 amide bonds. The van der Waals surface area contributed by atoms with Crippen LogP contribution in [-0.4, -0.2) is 16.1 Å². The topological polar surface area (TPSA) is 65.2 Å². The summed E-state index contributed by atoms with van der Waals surface area (Å²) in [5.41, 5.74) is -0.170. The molecular weight excluding hydrogens is 232 g/mol. The zero-order chi connectivity index (χ0) is 13.5. The molecule has 5 heteroatoms. The van der Waals surface area contributed by atoms with E-state index >= 15 is 0 Å². The number of ether oxygens (including phenoxy) is 1. The molecular formula is C13H20N2O3. The molecule has 0 saturated heterocycles. The van der Waals surface area contributed by atoms with Crippen LogP contribution in [0.5, 0.6) is 0 Å². The van der Waals surface area contributed by atoms with Crippen LogP contribution in [0, 0.1) is 11.8 Å². The largest absolute Gasteiger partial charge is 0.452 e. The Balaban J connectivity index is 1.98. The van der Waals surface area contributed by atoms with E-state index in [4.69, 9.17) is 9.26 Å². The Hall–Kier alpha value is -1.39. The van der Waals surface area contributed by atoms with E-state index < -0.39 is 6.10 Å². The first kappa shape index (κ1) is 13.1. The van der Waals surface area contributed by atoms with Gasteiger partial charge in [0.25, 0.3) is 5.89 Å². The third kappa shape index (κ3) is 2.71. The number of rotatable bonds is 3. The Kier molecular flexibility index (Phi) is 3.17. The maximum absolute atomic E-state index is 11.7. The van der Waals surface area contributed by atoms with Crippen molar-refractivity contribution >= 4 is 5.97 Å². The summed E-state index contributed by atoms with van der Waals surface area (Å²) in [6, 6.07) is 0. The molecule has 1 aromatic rings. The van der Waals surface area contributed by atoms with Gasteiger partial charge in [0, 0.05) is 5.41 Å². The van der Waals surface area contributed by atoms with E-state index in [2.05, 4.69) is 10.1 Å². The van der Waals surface area contributed by atoms with Crippen molar-refractivity contribution in [2.24, 2.45) is 11.8 Å². The molecule has 1 heterocycles. The first-order valence-electron chi connectivity index (χ1n) is 6.33. The average Bonchev–Trinajstić information content (AvgIpc) is 2.80. The van der Waals surface area contributed by atoms with Crippen LogP contribution in [0.4, 0.5) is 0 Å². The molecule has 100 valence electrons. The van der Waals surface area contributed by atoms with Crippen molar-refractivity contribution in [3.8, 4) is 0 Å². The Labute approximate surface area is 107 Å². The lowest BCUT2D eigenvalue weighted by Crippen LogP contribution is -2.14. The molecule has 1 fully saturated rings. The standard InChI is InChI=1S/C13H20N2O3/c1-7-6-9(7)11(16)17-8(2)10-14-12(15-18-10)13(3,4)5/h7-9H,6H2,1-5H3. The molecule has 0 aromatic carbocycles. The summed E-state index contributed by atoms with van der Waals surface area (Å²) in [5.74, 6) is 1.32. The number of esters is 1. The van der Waals surface area contributed by atoms with E-state index in [1.54, 1.807) is 6.92 Å². The summed E-state index contributed by atoms with van der Waals surface area (Å²) in [7, 11) is 0. The van der Waals surface area contributed by atoms with Gasteiger partial charge in [0.2, 0.25) is 0 Å². The zero-order valence-electron chi connectivity index (χ0n) is 11.6. The minimum atomic E-state index is -0.478. The Morgan fingerprint density at radius 2 is 2.11 bits per heavy atom. The van der Waals surface area contributed by atoms with Crippen molar-refractivity contribution in [3.05, 3.63) is 11.7 Å². The van der Waals surface area contributed by atoms with Gasteiger partial charge in [-0.3, -0.25) is 4.79 Å². The van der Waals surface area contributed by atoms with Gasteiger partial charge in [-0.25, -0.2) is 0 Å². The summed E-state index contributed by atoms with van der Waals surface area (Å²) in [6.07, 6.45) is 0.441. The molecule has 0 N–H and O–H groups in total. The predicted octanol–water partition coefficient (Wildman–Crippen LogP) is 2.63. The van der Waals surface area contributed by atoms with Gasteiger partial charge in [-0.05, 0) is 19.3 Å². The van der Waals surface area contributed by atoms with Crippen molar-refractivity contribution in [1.82, 2.24) is 10.1 Å². The highest BCUT2D eigenvalue weighted by Crippen LogP contribution is 2.39. The summed E-state index contributed by atoms with van der Waals surface area (Å²) in [5, 5.41) is 3.91. The molecule has 0 aliphatic heterocycles. The van der Waals surface area contributed by atoms with Gasteiger partial charge in [0.15, 0.2) is 11.9 Å². The fraction of sp³-hybridized carbons (Fsp3) is 0.769. The van der Waals surface area contributed by atoms with Crippen molar-refractivity contribution in [3.63, 3.8) is 0 Å². The smallest absolute Gasteiger partial charge is 0.309 e. The fourth-order valence-electron chi connectivity index (χ4n) is 1.67. The number of nitrogens with zero attached hydrogens (tertiary/aromatic N) is 2. The number of carbonyl (C=O) groups is 1. The molecule has 2 rings (SSSR count). The summed E-state index contributed by atoms with van der Waals surface area (Å²) >= 11 is 0. The van der Waals surface area contributed by atoms with Crippen molar-refractivity contribution in [1.29, 1.82) is 0 Å². The van der Waals surface area contributed by atoms with Gasteiger partial charge in [-0.15, -0.1) is 0 Å². The molecule has 0 bridgehead atoms. The summed E-state index contributed by atoms with van der Waals surface area (Å²) in [6.45, 7) is 9.81. The van der Waals surface area contributed by atoms with Gasteiger partial charge >= 0.3 is 5.97 Å². The normalized spacial score (nSPS) is 24.7. The second kappa shape index (κ2) is 4.37. The molecule has 1 aliphatic carbocycles. The van der Waals surface area contributed by atoms with Crippen LogP contribution in [0.1, 0.15) is 58.9 Å². The minimum Gasteiger partial charge on any atom is -0.452 e. The van der Waals surface area contributed by atoms with E-state index in [-0.39, 0.29) is 17.3 Å². The highest BCUT2D eigenvalue weighted by Gasteiger charge is 2.41. The van der Waals surface area contributed by atoms with E-state index in [0.29, 0.717) is 17.6 Å². The van der Waals surface area contributed by atoms with Crippen molar-refractivity contribution in [2.75, 3.05) is 0 Å². The molecule has 18 heavy (non-hydrogen) atoms. The third-order valence-electron chi connectivity index (χ3n) is 3.17. The highest BCUT2D eigenvalue weighted by molar-refractivity contribution is 5.75. The highest BCUT2D eigenvalue weighted by atomic mass is 16.6. The number of carbonyl (C=O) groups excluding carboxylic acids is 1. The van der Waals surface area contributed by atoms with Crippen molar-refractivity contribution in [2.45, 2.75) is 52.6 Å². The number of hydrogen-bond acceptors (Lipinski definition) is 5. The second-order valence-electron chi connectivity index (χ2n) is 6.10. The first-order valence-corrected chi connectivity index (χ1v) is 6.33. The van der Waals surface area contributed by atoms with Gasteiger partial charge in [-0.2, -0.15) is 4.98 Å². The van der Waals surface area contributed by atoms with E-state index in [0.717, 1.165) is 6.42 Å². The van der Waals surface area contributed by atoms with Crippen LogP contribution in [0.25, 0.3) is 0 Å². The SMILES string of the molecule is CC(OC(=O)C1CC1C)c1nc(C(C)(C)C)no1. The van der Waals surface area contributed by atoms with Gasteiger partial charge in [0.1, 0.15) is 0 Å². The van der Waals surface area contributed by atoms with Crippen LogP contribution in [0.3, 0.4) is 0 Å². The maximum atomic E-state index is 11.7. The summed E-state index contributed by atoms with van der Waals surface area (Å²) in [4.78, 5) is 16.0. The zero-order valence-corrected chi connectivity index (χ0v) is 11.6. The van der Waals surface area contributed by atoms with Gasteiger partial charge in [0.05, 0.1) is 5.92 Å². The minimum absolute atomic E-state index is 0.0532. The van der Waals surface area contributed by atoms with Crippen molar-refractivity contribution < 1.29 is 14.1 Å². The van der Waals surface area contributed by atoms with Crippen LogP contribution < -0.4 is 0 Å². The lowest BCUT2D eigenvalue weighted by molar-refractivity contribution is -0.151. The van der Waals surface area contributed by atoms with Crippen LogP contribution in [0.15, 0.2) is 4.52 Å². The predicted molar refractivity (Wildman–Crippen MR) is 64.8 cm³/mol. The molecule has 0 radical (unpaired) electrons. The molecule has 3 atom stereocenters. The molecule has 3 unspecified atom stereocenters. The average molecular weight is 252 g/mol. The van der Waals surface area contributed by atoms with Gasteiger partial charge < -0.3 is 9.26 Å². The lowest BCUT2D eigenvalue weighted by Gasteiger charge is -2.11. The third-order valence-corrected chi connectivity index (χ3v) is 3.17. The fourth-order valence-corrected chi connectivity index (χ4v) is 1.67. The van der Waals surface area contributed by atoms with E-state index in [9.17, 15) is 4.79 Å². The van der Waals surface area contributed by atoms with E-state index in [1.807, 2.05) is 27.7 Å². The molecule has 5 nitrogen and oxygen atoms in total.